The molecule has 1 saturated heterocycles. The van der Waals surface area contributed by atoms with Gasteiger partial charge in [0, 0.05) is 12.0 Å². The van der Waals surface area contributed by atoms with Gasteiger partial charge in [-0.1, -0.05) is 6.07 Å². The number of piperidine rings is 1. The largest absolute Gasteiger partial charge is 0.497 e. The van der Waals surface area contributed by atoms with E-state index >= 15 is 0 Å². The first-order valence-corrected chi connectivity index (χ1v) is 7.60. The molecule has 3 aliphatic carbocycles. The van der Waals surface area contributed by atoms with Crippen LogP contribution in [0.25, 0.3) is 0 Å². The summed E-state index contributed by atoms with van der Waals surface area (Å²) in [7, 11) is 4.06. The van der Waals surface area contributed by atoms with Crippen LogP contribution in [-0.4, -0.2) is 32.1 Å². The van der Waals surface area contributed by atoms with E-state index in [9.17, 15) is 0 Å². The lowest BCUT2D eigenvalue weighted by molar-refractivity contribution is 0.0469. The average molecular weight is 257 g/mol. The standard InChI is InChI=1S/C17H23NO/c1-18-8-7-17-6-5-12(9-13(17)11-18)15-10-14(19-2)3-4-16(15)17/h3-4,10,12-13H,5-9,11H2,1-2H3/t12-,13+,17-/m1/s1. The molecule has 5 rings (SSSR count). The number of benzene rings is 1. The Morgan fingerprint density at radius 1 is 1.32 bits per heavy atom. The molecule has 2 bridgehead atoms. The quantitative estimate of drug-likeness (QED) is 0.766. The van der Waals surface area contributed by atoms with Crippen molar-refractivity contribution in [2.45, 2.75) is 37.0 Å². The van der Waals surface area contributed by atoms with Crippen LogP contribution in [0, 0.1) is 5.92 Å². The van der Waals surface area contributed by atoms with Gasteiger partial charge in [-0.2, -0.15) is 0 Å². The molecule has 0 N–H and O–H groups in total. The third kappa shape index (κ3) is 1.53. The Morgan fingerprint density at radius 2 is 2.21 bits per heavy atom. The van der Waals surface area contributed by atoms with E-state index in [1.165, 1.54) is 38.8 Å². The van der Waals surface area contributed by atoms with Crippen LogP contribution in [-0.2, 0) is 5.41 Å². The van der Waals surface area contributed by atoms with E-state index in [-0.39, 0.29) is 0 Å². The van der Waals surface area contributed by atoms with Crippen molar-refractivity contribution < 1.29 is 4.74 Å². The highest BCUT2D eigenvalue weighted by atomic mass is 16.5. The monoisotopic (exact) mass is 257 g/mol. The van der Waals surface area contributed by atoms with E-state index in [0.717, 1.165) is 17.6 Å². The molecule has 3 atom stereocenters. The third-order valence-electron chi connectivity index (χ3n) is 6.00. The minimum Gasteiger partial charge on any atom is -0.497 e. The predicted octanol–water partition coefficient (Wildman–Crippen LogP) is 3.17. The number of methoxy groups -OCH3 is 1. The Bertz CT molecular complexity index is 512. The zero-order chi connectivity index (χ0) is 13.0. The van der Waals surface area contributed by atoms with Crippen LogP contribution < -0.4 is 4.74 Å². The Hall–Kier alpha value is -1.02. The molecule has 0 amide bonds. The molecule has 0 radical (unpaired) electrons. The van der Waals surface area contributed by atoms with E-state index in [4.69, 9.17) is 4.74 Å². The van der Waals surface area contributed by atoms with Gasteiger partial charge in [-0.05, 0) is 74.4 Å². The van der Waals surface area contributed by atoms with Gasteiger partial charge in [-0.25, -0.2) is 0 Å². The lowest BCUT2D eigenvalue weighted by Crippen LogP contribution is -2.54. The highest BCUT2D eigenvalue weighted by Crippen LogP contribution is 2.59. The van der Waals surface area contributed by atoms with Crippen LogP contribution in [0.3, 0.4) is 0 Å². The van der Waals surface area contributed by atoms with E-state index in [2.05, 4.69) is 30.1 Å². The van der Waals surface area contributed by atoms with Gasteiger partial charge in [0.25, 0.3) is 0 Å². The van der Waals surface area contributed by atoms with Gasteiger partial charge in [-0.3, -0.25) is 0 Å². The van der Waals surface area contributed by atoms with Crippen molar-refractivity contribution in [1.82, 2.24) is 4.90 Å². The van der Waals surface area contributed by atoms with Crippen LogP contribution in [0.15, 0.2) is 18.2 Å². The summed E-state index contributed by atoms with van der Waals surface area (Å²) in [5.74, 6) is 2.70. The molecule has 102 valence electrons. The SMILES string of the molecule is COc1ccc2c(c1)[C@@H]1CC[C@]23CCN(C)C[C@@H]3C1. The molecule has 1 saturated carbocycles. The Balaban J connectivity index is 1.83. The number of rotatable bonds is 1. The molecule has 1 aromatic rings. The molecular weight excluding hydrogens is 234 g/mol. The molecule has 1 spiro atoms. The van der Waals surface area contributed by atoms with Crippen LogP contribution in [0.4, 0.5) is 0 Å². The lowest BCUT2D eigenvalue weighted by atomic mass is 9.50. The second-order valence-corrected chi connectivity index (χ2v) is 6.79. The Kier molecular flexibility index (Phi) is 2.47. The molecule has 19 heavy (non-hydrogen) atoms. The minimum absolute atomic E-state index is 0.489. The van der Waals surface area contributed by atoms with Gasteiger partial charge in [0.15, 0.2) is 0 Å². The van der Waals surface area contributed by atoms with Crippen molar-refractivity contribution in [2.24, 2.45) is 5.92 Å². The van der Waals surface area contributed by atoms with Gasteiger partial charge in [-0.15, -0.1) is 0 Å². The topological polar surface area (TPSA) is 12.5 Å². The van der Waals surface area contributed by atoms with Gasteiger partial charge in [0.1, 0.15) is 5.75 Å². The van der Waals surface area contributed by atoms with Crippen molar-refractivity contribution in [3.05, 3.63) is 29.3 Å². The van der Waals surface area contributed by atoms with Crippen LogP contribution in [0.1, 0.15) is 42.7 Å². The zero-order valence-corrected chi connectivity index (χ0v) is 12.0. The van der Waals surface area contributed by atoms with E-state index < -0.39 is 0 Å². The molecule has 1 heterocycles. The maximum Gasteiger partial charge on any atom is 0.119 e. The molecule has 0 aromatic heterocycles. The average Bonchev–Trinajstić information content (AvgIpc) is 2.46. The Morgan fingerprint density at radius 3 is 3.05 bits per heavy atom. The van der Waals surface area contributed by atoms with Crippen LogP contribution in [0.5, 0.6) is 5.75 Å². The second kappa shape index (κ2) is 3.99. The number of hydrogen-bond donors (Lipinski definition) is 0. The van der Waals surface area contributed by atoms with Gasteiger partial charge >= 0.3 is 0 Å². The highest BCUT2D eigenvalue weighted by Gasteiger charge is 2.52. The molecular formula is C17H23NO. The predicted molar refractivity (Wildman–Crippen MR) is 76.9 cm³/mol. The minimum atomic E-state index is 0.489. The summed E-state index contributed by atoms with van der Waals surface area (Å²) in [4.78, 5) is 2.53. The summed E-state index contributed by atoms with van der Waals surface area (Å²) >= 11 is 0. The maximum absolute atomic E-state index is 5.43. The summed E-state index contributed by atoms with van der Waals surface area (Å²) in [6.07, 6.45) is 5.54. The number of hydrogen-bond acceptors (Lipinski definition) is 2. The first-order valence-electron chi connectivity index (χ1n) is 7.60. The van der Waals surface area contributed by atoms with Crippen molar-refractivity contribution in [3.63, 3.8) is 0 Å². The smallest absolute Gasteiger partial charge is 0.119 e. The lowest BCUT2D eigenvalue weighted by Gasteiger charge is -2.57. The van der Waals surface area contributed by atoms with Gasteiger partial charge in [0.05, 0.1) is 7.11 Å². The van der Waals surface area contributed by atoms with Gasteiger partial charge < -0.3 is 9.64 Å². The van der Waals surface area contributed by atoms with Gasteiger partial charge in [0.2, 0.25) is 0 Å². The van der Waals surface area contributed by atoms with Crippen molar-refractivity contribution >= 4 is 0 Å². The fourth-order valence-corrected chi connectivity index (χ4v) is 4.99. The summed E-state index contributed by atoms with van der Waals surface area (Å²) in [5, 5.41) is 0. The third-order valence-corrected chi connectivity index (χ3v) is 6.00. The molecule has 1 aliphatic heterocycles. The normalized spacial score (nSPS) is 36.7. The summed E-state index contributed by atoms with van der Waals surface area (Å²) in [6.45, 7) is 2.55. The van der Waals surface area contributed by atoms with Crippen LogP contribution in [0.2, 0.25) is 0 Å². The zero-order valence-electron chi connectivity index (χ0n) is 12.0. The summed E-state index contributed by atoms with van der Waals surface area (Å²) in [6, 6.07) is 6.86. The maximum atomic E-state index is 5.43. The fraction of sp³-hybridized carbons (Fsp3) is 0.647. The number of nitrogens with zero attached hydrogens (tertiary/aromatic N) is 1. The molecule has 1 aromatic carbocycles. The van der Waals surface area contributed by atoms with Crippen molar-refractivity contribution in [2.75, 3.05) is 27.2 Å². The highest BCUT2D eigenvalue weighted by molar-refractivity contribution is 5.47. The number of likely N-dealkylation sites (tertiary alicyclic amines) is 1. The summed E-state index contributed by atoms with van der Waals surface area (Å²) in [5.41, 5.74) is 3.75. The van der Waals surface area contributed by atoms with Crippen molar-refractivity contribution in [3.8, 4) is 5.75 Å². The Labute approximate surface area is 115 Å². The van der Waals surface area contributed by atoms with Crippen LogP contribution >= 0.6 is 0 Å². The molecule has 4 aliphatic rings. The first-order chi connectivity index (χ1) is 9.23. The second-order valence-electron chi connectivity index (χ2n) is 6.79. The van der Waals surface area contributed by atoms with E-state index in [0.29, 0.717) is 5.41 Å². The molecule has 2 fully saturated rings. The van der Waals surface area contributed by atoms with Crippen molar-refractivity contribution in [1.29, 1.82) is 0 Å². The fourth-order valence-electron chi connectivity index (χ4n) is 4.99. The number of fused-ring (bicyclic) bond motifs is 1. The molecule has 2 nitrogen and oxygen atoms in total. The van der Waals surface area contributed by atoms with E-state index in [1.54, 1.807) is 18.2 Å². The summed E-state index contributed by atoms with van der Waals surface area (Å²) < 4.78 is 5.43. The van der Waals surface area contributed by atoms with E-state index in [1.807, 2.05) is 0 Å². The first kappa shape index (κ1) is 11.8. The molecule has 0 unspecified atom stereocenters. The molecule has 2 heteroatoms. The number of ether oxygens (including phenoxy) is 1.